The van der Waals surface area contributed by atoms with Crippen LogP contribution in [0.3, 0.4) is 0 Å². The highest BCUT2D eigenvalue weighted by Gasteiger charge is 2.11. The fourth-order valence-electron chi connectivity index (χ4n) is 2.67. The van der Waals surface area contributed by atoms with Gasteiger partial charge in [0.1, 0.15) is 6.54 Å². The van der Waals surface area contributed by atoms with E-state index in [0.29, 0.717) is 28.7 Å². The van der Waals surface area contributed by atoms with Gasteiger partial charge in [0.05, 0.1) is 0 Å². The average molecular weight is 369 g/mol. The van der Waals surface area contributed by atoms with Crippen LogP contribution in [-0.2, 0) is 25.9 Å². The summed E-state index contributed by atoms with van der Waals surface area (Å²) < 4.78 is 6.77. The molecule has 0 saturated heterocycles. The van der Waals surface area contributed by atoms with Crippen LogP contribution in [0, 0.1) is 13.5 Å². The quantitative estimate of drug-likeness (QED) is 0.625. The van der Waals surface area contributed by atoms with Gasteiger partial charge in [0.25, 0.3) is 5.56 Å². The lowest BCUT2D eigenvalue weighted by molar-refractivity contribution is 0.364. The molecule has 6 nitrogen and oxygen atoms in total. The molecule has 26 heavy (non-hydrogen) atoms. The standard InChI is InChI=1S/C19H17ClN4O2/c1-13-9-15(10-21-2)11-24(19(13)25)12-18-22-17(23-26-18)8-5-14-3-6-16(20)7-4-14/h3-4,6-7,9,11H,5,8,10,12H2,1H3. The molecule has 0 aliphatic carbocycles. The summed E-state index contributed by atoms with van der Waals surface area (Å²) >= 11 is 5.88. The van der Waals surface area contributed by atoms with Gasteiger partial charge >= 0.3 is 0 Å². The van der Waals surface area contributed by atoms with Gasteiger partial charge < -0.3 is 13.9 Å². The van der Waals surface area contributed by atoms with Crippen LogP contribution in [0.2, 0.25) is 5.02 Å². The summed E-state index contributed by atoms with van der Waals surface area (Å²) in [6, 6.07) is 9.37. The molecule has 0 amide bonds. The summed E-state index contributed by atoms with van der Waals surface area (Å²) in [5.41, 5.74) is 2.40. The number of aromatic nitrogens is 3. The maximum Gasteiger partial charge on any atom is 0.253 e. The number of aryl methyl sites for hydroxylation is 3. The maximum atomic E-state index is 12.3. The van der Waals surface area contributed by atoms with E-state index in [1.807, 2.05) is 24.3 Å². The third-order valence-electron chi connectivity index (χ3n) is 3.95. The summed E-state index contributed by atoms with van der Waals surface area (Å²) in [6.45, 7) is 9.14. The molecule has 1 aromatic carbocycles. The Morgan fingerprint density at radius 1 is 1.23 bits per heavy atom. The molecule has 0 bridgehead atoms. The van der Waals surface area contributed by atoms with Crippen molar-refractivity contribution in [3.63, 3.8) is 0 Å². The Kier molecular flexibility index (Phi) is 5.49. The number of rotatable bonds is 6. The van der Waals surface area contributed by atoms with E-state index in [1.165, 1.54) is 4.57 Å². The van der Waals surface area contributed by atoms with Crippen LogP contribution in [0.5, 0.6) is 0 Å². The largest absolute Gasteiger partial charge is 0.337 e. The van der Waals surface area contributed by atoms with Crippen LogP contribution in [0.15, 0.2) is 45.8 Å². The van der Waals surface area contributed by atoms with Gasteiger partial charge in [-0.25, -0.2) is 6.57 Å². The van der Waals surface area contributed by atoms with Crippen molar-refractivity contribution in [2.45, 2.75) is 32.9 Å². The normalized spacial score (nSPS) is 10.7. The Hall–Kier alpha value is -2.91. The molecule has 2 heterocycles. The summed E-state index contributed by atoms with van der Waals surface area (Å²) in [6.07, 6.45) is 3.08. The Bertz CT molecular complexity index is 1000. The van der Waals surface area contributed by atoms with Crippen molar-refractivity contribution in [1.29, 1.82) is 0 Å². The molecule has 3 rings (SSSR count). The van der Waals surface area contributed by atoms with Gasteiger partial charge in [-0.3, -0.25) is 4.79 Å². The molecule has 0 aliphatic heterocycles. The van der Waals surface area contributed by atoms with Gasteiger partial charge in [0.15, 0.2) is 5.82 Å². The van der Waals surface area contributed by atoms with Crippen LogP contribution in [0.1, 0.15) is 28.4 Å². The van der Waals surface area contributed by atoms with Gasteiger partial charge in [0, 0.05) is 28.8 Å². The zero-order chi connectivity index (χ0) is 18.5. The minimum atomic E-state index is -0.125. The van der Waals surface area contributed by atoms with Crippen LogP contribution in [0.25, 0.3) is 4.85 Å². The fraction of sp³-hybridized carbons (Fsp3) is 0.263. The third kappa shape index (κ3) is 4.38. The Morgan fingerprint density at radius 3 is 2.73 bits per heavy atom. The summed E-state index contributed by atoms with van der Waals surface area (Å²) in [5.74, 6) is 0.967. The van der Waals surface area contributed by atoms with Crippen LogP contribution >= 0.6 is 11.6 Å². The first kappa shape index (κ1) is 17.9. The first-order chi connectivity index (χ1) is 12.5. The Labute approximate surface area is 155 Å². The number of pyridine rings is 1. The smallest absolute Gasteiger partial charge is 0.253 e. The zero-order valence-corrected chi connectivity index (χ0v) is 15.0. The van der Waals surface area contributed by atoms with E-state index in [4.69, 9.17) is 22.7 Å². The zero-order valence-electron chi connectivity index (χ0n) is 14.3. The number of hydrogen-bond donors (Lipinski definition) is 0. The number of hydrogen-bond acceptors (Lipinski definition) is 4. The highest BCUT2D eigenvalue weighted by atomic mass is 35.5. The van der Waals surface area contributed by atoms with Gasteiger partial charge in [0.2, 0.25) is 12.4 Å². The van der Waals surface area contributed by atoms with E-state index in [0.717, 1.165) is 17.5 Å². The second-order valence-corrected chi connectivity index (χ2v) is 6.45. The fourth-order valence-corrected chi connectivity index (χ4v) is 2.79. The predicted molar refractivity (Wildman–Crippen MR) is 98.0 cm³/mol. The van der Waals surface area contributed by atoms with Gasteiger partial charge in [-0.1, -0.05) is 28.9 Å². The highest BCUT2D eigenvalue weighted by molar-refractivity contribution is 6.30. The van der Waals surface area contributed by atoms with Crippen molar-refractivity contribution >= 4 is 11.6 Å². The number of halogens is 1. The second-order valence-electron chi connectivity index (χ2n) is 6.01. The van der Waals surface area contributed by atoms with E-state index in [2.05, 4.69) is 15.0 Å². The molecule has 0 radical (unpaired) electrons. The number of benzene rings is 1. The number of nitrogens with zero attached hydrogens (tertiary/aromatic N) is 4. The Morgan fingerprint density at radius 2 is 2.00 bits per heavy atom. The molecule has 7 heteroatoms. The molecule has 132 valence electrons. The van der Waals surface area contributed by atoms with Crippen molar-refractivity contribution in [3.8, 4) is 0 Å². The van der Waals surface area contributed by atoms with Crippen LogP contribution < -0.4 is 5.56 Å². The van der Waals surface area contributed by atoms with Crippen molar-refractivity contribution in [2.24, 2.45) is 0 Å². The van der Waals surface area contributed by atoms with Crippen LogP contribution in [0.4, 0.5) is 0 Å². The molecule has 0 aliphatic rings. The van der Waals surface area contributed by atoms with Crippen molar-refractivity contribution in [1.82, 2.24) is 14.7 Å². The van der Waals surface area contributed by atoms with E-state index in [9.17, 15) is 4.79 Å². The molecule has 0 unspecified atom stereocenters. The second kappa shape index (κ2) is 7.98. The monoisotopic (exact) mass is 368 g/mol. The minimum Gasteiger partial charge on any atom is -0.337 e. The molecule has 0 atom stereocenters. The van der Waals surface area contributed by atoms with E-state index >= 15 is 0 Å². The average Bonchev–Trinajstić information content (AvgIpc) is 3.06. The predicted octanol–water partition coefficient (Wildman–Crippen LogP) is 3.45. The van der Waals surface area contributed by atoms with E-state index in [1.54, 1.807) is 19.2 Å². The van der Waals surface area contributed by atoms with Gasteiger partial charge in [-0.05, 0) is 37.1 Å². The van der Waals surface area contributed by atoms with E-state index < -0.39 is 0 Å². The molecule has 0 saturated carbocycles. The lowest BCUT2D eigenvalue weighted by atomic mass is 10.1. The van der Waals surface area contributed by atoms with Gasteiger partial charge in [-0.2, -0.15) is 4.98 Å². The molecule has 0 N–H and O–H groups in total. The molecule has 3 aromatic rings. The summed E-state index contributed by atoms with van der Waals surface area (Å²) in [5, 5.41) is 4.69. The first-order valence-electron chi connectivity index (χ1n) is 8.14. The topological polar surface area (TPSA) is 65.3 Å². The molecular weight excluding hydrogens is 352 g/mol. The molecule has 0 spiro atoms. The lowest BCUT2D eigenvalue weighted by Gasteiger charge is -2.05. The maximum absolute atomic E-state index is 12.3. The first-order valence-corrected chi connectivity index (χ1v) is 8.52. The molecular formula is C19H17ClN4O2. The van der Waals surface area contributed by atoms with E-state index in [-0.39, 0.29) is 18.6 Å². The van der Waals surface area contributed by atoms with Gasteiger partial charge in [-0.15, -0.1) is 0 Å². The molecule has 0 fully saturated rings. The lowest BCUT2D eigenvalue weighted by Crippen LogP contribution is -2.23. The van der Waals surface area contributed by atoms with Crippen molar-refractivity contribution < 1.29 is 4.52 Å². The van der Waals surface area contributed by atoms with Crippen molar-refractivity contribution in [3.05, 3.63) is 91.7 Å². The van der Waals surface area contributed by atoms with Crippen LogP contribution in [-0.4, -0.2) is 14.7 Å². The molecule has 2 aromatic heterocycles. The minimum absolute atomic E-state index is 0.125. The highest BCUT2D eigenvalue weighted by Crippen LogP contribution is 2.12. The van der Waals surface area contributed by atoms with Crippen molar-refractivity contribution in [2.75, 3.05) is 0 Å². The Balaban J connectivity index is 1.69. The SMILES string of the molecule is [C-]#[N+]Cc1cc(C)c(=O)n(Cc2nc(CCc3ccc(Cl)cc3)no2)c1. The summed E-state index contributed by atoms with van der Waals surface area (Å²) in [4.78, 5) is 20.0. The third-order valence-corrected chi connectivity index (χ3v) is 4.20. The summed E-state index contributed by atoms with van der Waals surface area (Å²) in [7, 11) is 0.